The number of fused-ring (bicyclic) bond motifs is 1. The predicted octanol–water partition coefficient (Wildman–Crippen LogP) is 3.20. The summed E-state index contributed by atoms with van der Waals surface area (Å²) >= 11 is 0. The Bertz CT molecular complexity index is 804. The highest BCUT2D eigenvalue weighted by Crippen LogP contribution is 2.29. The average Bonchev–Trinajstić information content (AvgIpc) is 2.97. The molecule has 2 heterocycles. The number of benzene rings is 1. The molecule has 2 aromatic heterocycles. The summed E-state index contributed by atoms with van der Waals surface area (Å²) in [7, 11) is 1.87. The fraction of sp³-hybridized carbons (Fsp3) is 0.312. The Kier molecular flexibility index (Phi) is 3.29. The number of aliphatic hydroxyl groups is 1. The van der Waals surface area contributed by atoms with Crippen LogP contribution < -0.4 is 0 Å². The van der Waals surface area contributed by atoms with Gasteiger partial charge in [-0.3, -0.25) is 4.68 Å². The van der Waals surface area contributed by atoms with Gasteiger partial charge in [0.2, 0.25) is 0 Å². The van der Waals surface area contributed by atoms with E-state index in [2.05, 4.69) is 5.10 Å². The lowest BCUT2D eigenvalue weighted by Crippen LogP contribution is -2.03. The van der Waals surface area contributed by atoms with Gasteiger partial charge in [-0.1, -0.05) is 12.1 Å². The van der Waals surface area contributed by atoms with Crippen LogP contribution >= 0.6 is 0 Å². The largest absolute Gasteiger partial charge is 0.455 e. The molecule has 0 saturated carbocycles. The van der Waals surface area contributed by atoms with Crippen LogP contribution in [0.25, 0.3) is 11.0 Å². The normalized spacial score (nSPS) is 13.0. The molecule has 3 aromatic rings. The second-order valence-corrected chi connectivity index (χ2v) is 5.30. The lowest BCUT2D eigenvalue weighted by molar-refractivity contribution is 0.152. The number of aromatic nitrogens is 2. The first-order valence-electron chi connectivity index (χ1n) is 6.82. The van der Waals surface area contributed by atoms with Gasteiger partial charge < -0.3 is 9.52 Å². The molecule has 21 heavy (non-hydrogen) atoms. The number of aliphatic hydroxyl groups excluding tert-OH is 1. The van der Waals surface area contributed by atoms with Gasteiger partial charge in [0.15, 0.2) is 11.4 Å². The van der Waals surface area contributed by atoms with Gasteiger partial charge in [-0.15, -0.1) is 0 Å². The minimum Gasteiger partial charge on any atom is -0.455 e. The van der Waals surface area contributed by atoms with Gasteiger partial charge in [0.05, 0.1) is 5.69 Å². The molecule has 0 bridgehead atoms. The number of furan rings is 1. The molecule has 4 nitrogen and oxygen atoms in total. The number of hydrogen-bond acceptors (Lipinski definition) is 3. The van der Waals surface area contributed by atoms with E-state index in [4.69, 9.17) is 4.42 Å². The van der Waals surface area contributed by atoms with Crippen molar-refractivity contribution in [2.75, 3.05) is 0 Å². The molecule has 1 N–H and O–H groups in total. The van der Waals surface area contributed by atoms with Gasteiger partial charge in [0, 0.05) is 24.5 Å². The lowest BCUT2D eigenvalue weighted by atomic mass is 10.0. The van der Waals surface area contributed by atoms with Crippen LogP contribution in [0.3, 0.4) is 0 Å². The van der Waals surface area contributed by atoms with Gasteiger partial charge in [0.1, 0.15) is 11.9 Å². The Morgan fingerprint density at radius 2 is 2.14 bits per heavy atom. The van der Waals surface area contributed by atoms with Crippen LogP contribution in [0.15, 0.2) is 28.7 Å². The predicted molar refractivity (Wildman–Crippen MR) is 77.5 cm³/mol. The molecule has 1 atom stereocenters. The smallest absolute Gasteiger partial charge is 0.170 e. The maximum absolute atomic E-state index is 13.6. The van der Waals surface area contributed by atoms with Gasteiger partial charge in [-0.25, -0.2) is 4.39 Å². The molecule has 0 amide bonds. The monoisotopic (exact) mass is 288 g/mol. The first-order chi connectivity index (χ1) is 9.97. The molecule has 0 saturated heterocycles. The zero-order chi connectivity index (χ0) is 15.1. The standard InChI is InChI=1S/C16H17FN2O2/c1-9-12(10(2)19(3)18-9)8-14(20)15-7-11-5-4-6-13(17)16(11)21-15/h4-7,14,20H,8H2,1-3H3. The van der Waals surface area contributed by atoms with Crippen LogP contribution in [0, 0.1) is 19.7 Å². The highest BCUT2D eigenvalue weighted by atomic mass is 19.1. The van der Waals surface area contributed by atoms with Crippen LogP contribution in [0.2, 0.25) is 0 Å². The third-order valence-electron chi connectivity index (χ3n) is 3.90. The summed E-state index contributed by atoms with van der Waals surface area (Å²) < 4.78 is 20.9. The summed E-state index contributed by atoms with van der Waals surface area (Å²) in [5, 5.41) is 15.4. The summed E-state index contributed by atoms with van der Waals surface area (Å²) in [6.45, 7) is 3.87. The Morgan fingerprint density at radius 3 is 2.76 bits per heavy atom. The average molecular weight is 288 g/mol. The molecule has 0 fully saturated rings. The molecule has 0 radical (unpaired) electrons. The van der Waals surface area contributed by atoms with Crippen molar-refractivity contribution < 1.29 is 13.9 Å². The van der Waals surface area contributed by atoms with Gasteiger partial charge in [-0.2, -0.15) is 5.10 Å². The molecule has 0 aliphatic carbocycles. The van der Waals surface area contributed by atoms with E-state index in [0.29, 0.717) is 17.6 Å². The fourth-order valence-corrected chi connectivity index (χ4v) is 2.62. The van der Waals surface area contributed by atoms with Crippen LogP contribution in [-0.2, 0) is 13.5 Å². The van der Waals surface area contributed by atoms with E-state index in [1.54, 1.807) is 22.9 Å². The van der Waals surface area contributed by atoms with Crippen LogP contribution in [0.4, 0.5) is 4.39 Å². The number of aryl methyl sites for hydroxylation is 2. The van der Waals surface area contributed by atoms with Crippen LogP contribution in [-0.4, -0.2) is 14.9 Å². The van der Waals surface area contributed by atoms with Crippen molar-refractivity contribution in [3.8, 4) is 0 Å². The molecule has 1 unspecified atom stereocenters. The number of halogens is 1. The van der Waals surface area contributed by atoms with Crippen molar-refractivity contribution in [2.24, 2.45) is 7.05 Å². The van der Waals surface area contributed by atoms with E-state index < -0.39 is 11.9 Å². The molecule has 110 valence electrons. The second-order valence-electron chi connectivity index (χ2n) is 5.30. The number of rotatable bonds is 3. The van der Waals surface area contributed by atoms with Crippen molar-refractivity contribution in [3.63, 3.8) is 0 Å². The molecule has 0 spiro atoms. The van der Waals surface area contributed by atoms with Gasteiger partial charge in [0.25, 0.3) is 0 Å². The topological polar surface area (TPSA) is 51.2 Å². The Balaban J connectivity index is 1.93. The first kappa shape index (κ1) is 13.8. The van der Waals surface area contributed by atoms with Crippen molar-refractivity contribution in [1.82, 2.24) is 9.78 Å². The molecule has 5 heteroatoms. The number of hydrogen-bond donors (Lipinski definition) is 1. The fourth-order valence-electron chi connectivity index (χ4n) is 2.62. The van der Waals surface area contributed by atoms with Gasteiger partial charge in [-0.05, 0) is 31.5 Å². The SMILES string of the molecule is Cc1nn(C)c(C)c1CC(O)c1cc2cccc(F)c2o1. The summed E-state index contributed by atoms with van der Waals surface area (Å²) in [4.78, 5) is 0. The molecular formula is C16H17FN2O2. The molecule has 3 rings (SSSR count). The molecule has 0 aliphatic rings. The zero-order valence-electron chi connectivity index (χ0n) is 12.2. The van der Waals surface area contributed by atoms with Crippen molar-refractivity contribution in [3.05, 3.63) is 52.8 Å². The molecular weight excluding hydrogens is 271 g/mol. The zero-order valence-corrected chi connectivity index (χ0v) is 12.2. The first-order valence-corrected chi connectivity index (χ1v) is 6.82. The molecule has 1 aromatic carbocycles. The molecule has 0 aliphatic heterocycles. The van der Waals surface area contributed by atoms with E-state index in [9.17, 15) is 9.50 Å². The van der Waals surface area contributed by atoms with Crippen molar-refractivity contribution in [2.45, 2.75) is 26.4 Å². The summed E-state index contributed by atoms with van der Waals surface area (Å²) in [6.07, 6.45) is -0.425. The summed E-state index contributed by atoms with van der Waals surface area (Å²) in [5.74, 6) is -0.0440. The third-order valence-corrected chi connectivity index (χ3v) is 3.90. The second kappa shape index (κ2) is 5.00. The quantitative estimate of drug-likeness (QED) is 0.805. The van der Waals surface area contributed by atoms with E-state index >= 15 is 0 Å². The number of para-hydroxylation sites is 1. The van der Waals surface area contributed by atoms with E-state index in [1.165, 1.54) is 6.07 Å². The van der Waals surface area contributed by atoms with Crippen molar-refractivity contribution >= 4 is 11.0 Å². The van der Waals surface area contributed by atoms with Gasteiger partial charge >= 0.3 is 0 Å². The maximum Gasteiger partial charge on any atom is 0.170 e. The number of nitrogens with zero attached hydrogens (tertiary/aromatic N) is 2. The van der Waals surface area contributed by atoms with Crippen molar-refractivity contribution in [1.29, 1.82) is 0 Å². The third kappa shape index (κ3) is 2.34. The summed E-state index contributed by atoms with van der Waals surface area (Å²) in [5.41, 5.74) is 3.07. The Morgan fingerprint density at radius 1 is 1.38 bits per heavy atom. The Labute approximate surface area is 121 Å². The Hall–Kier alpha value is -2.14. The summed E-state index contributed by atoms with van der Waals surface area (Å²) in [6, 6.07) is 6.42. The van der Waals surface area contributed by atoms with Crippen LogP contribution in [0.1, 0.15) is 28.8 Å². The highest BCUT2D eigenvalue weighted by molar-refractivity contribution is 5.78. The van der Waals surface area contributed by atoms with E-state index in [1.807, 2.05) is 20.9 Å². The maximum atomic E-state index is 13.6. The minimum absolute atomic E-state index is 0.186. The van der Waals surface area contributed by atoms with Crippen LogP contribution in [0.5, 0.6) is 0 Å². The lowest BCUT2D eigenvalue weighted by Gasteiger charge is -2.08. The highest BCUT2D eigenvalue weighted by Gasteiger charge is 2.19. The van der Waals surface area contributed by atoms with E-state index in [0.717, 1.165) is 17.0 Å². The van der Waals surface area contributed by atoms with E-state index in [-0.39, 0.29) is 5.58 Å². The minimum atomic E-state index is -0.821.